The third-order valence-corrected chi connectivity index (χ3v) is 8.28. The Bertz CT molecular complexity index is 805. The molecule has 33 heavy (non-hydrogen) atoms. The number of carbonyl (C=O) groups is 1. The molecule has 0 radical (unpaired) electrons. The fourth-order valence-electron chi connectivity index (χ4n) is 3.67. The van der Waals surface area contributed by atoms with Gasteiger partial charge in [0.25, 0.3) is 5.79 Å². The molecule has 0 saturated carbocycles. The molecule has 0 fully saturated rings. The van der Waals surface area contributed by atoms with E-state index in [-0.39, 0.29) is 5.78 Å². The summed E-state index contributed by atoms with van der Waals surface area (Å²) in [6, 6.07) is 16.8. The van der Waals surface area contributed by atoms with E-state index in [4.69, 9.17) is 27.5 Å². The molecule has 0 aliphatic carbocycles. The minimum Gasteiger partial charge on any atom is -0.494 e. The molecule has 182 valence electrons. The molecule has 0 bridgehead atoms. The lowest BCUT2D eigenvalue weighted by atomic mass is 9.96. The van der Waals surface area contributed by atoms with Crippen molar-refractivity contribution in [3.05, 3.63) is 65.7 Å². The van der Waals surface area contributed by atoms with Crippen molar-refractivity contribution in [3.8, 4) is 5.75 Å². The number of hydrogen-bond acceptors (Lipinski definition) is 7. The lowest BCUT2D eigenvalue weighted by molar-refractivity contribution is -0.176. The van der Waals surface area contributed by atoms with Gasteiger partial charge in [-0.2, -0.15) is 0 Å². The topological polar surface area (TPSA) is 72.5 Å². The van der Waals surface area contributed by atoms with Gasteiger partial charge in [-0.05, 0) is 51.5 Å². The van der Waals surface area contributed by atoms with Crippen molar-refractivity contribution >= 4 is 14.6 Å². The SMILES string of the molecule is CCO[Si](CCCOc1ccc(C(=O)C(OC)(OC)c2ccccc2)cc1)(OCC)OCC. The molecule has 2 rings (SSSR count). The van der Waals surface area contributed by atoms with Crippen LogP contribution in [-0.4, -0.2) is 55.2 Å². The maximum Gasteiger partial charge on any atom is 0.501 e. The van der Waals surface area contributed by atoms with Crippen LogP contribution < -0.4 is 4.74 Å². The van der Waals surface area contributed by atoms with Crippen molar-refractivity contribution in [1.82, 2.24) is 0 Å². The Labute approximate surface area is 198 Å². The van der Waals surface area contributed by atoms with Crippen molar-refractivity contribution in [2.45, 2.75) is 39.0 Å². The molecular formula is C25H36O7Si. The second-order valence-electron chi connectivity index (χ2n) is 7.18. The molecule has 2 aromatic carbocycles. The van der Waals surface area contributed by atoms with Crippen molar-refractivity contribution in [1.29, 1.82) is 0 Å². The second-order valence-corrected chi connectivity index (χ2v) is 9.91. The molecule has 0 aliphatic heterocycles. The van der Waals surface area contributed by atoms with Crippen LogP contribution in [0.4, 0.5) is 0 Å². The first-order chi connectivity index (χ1) is 16.0. The number of Topliss-reactive ketones (excluding diaryl/α,β-unsaturated/α-hetero) is 1. The Morgan fingerprint density at radius 2 is 1.36 bits per heavy atom. The zero-order valence-corrected chi connectivity index (χ0v) is 21.3. The molecule has 0 atom stereocenters. The molecule has 8 heteroatoms. The van der Waals surface area contributed by atoms with Crippen molar-refractivity contribution in [3.63, 3.8) is 0 Å². The van der Waals surface area contributed by atoms with Gasteiger partial charge in [-0.1, -0.05) is 30.3 Å². The van der Waals surface area contributed by atoms with E-state index in [1.54, 1.807) is 36.4 Å². The van der Waals surface area contributed by atoms with Crippen LogP contribution in [0.15, 0.2) is 54.6 Å². The van der Waals surface area contributed by atoms with Gasteiger partial charge in [0.15, 0.2) is 0 Å². The molecule has 0 N–H and O–H groups in total. The van der Waals surface area contributed by atoms with E-state index in [9.17, 15) is 4.79 Å². The number of hydrogen-bond donors (Lipinski definition) is 0. The number of rotatable bonds is 16. The van der Waals surface area contributed by atoms with Gasteiger partial charge in [0.05, 0.1) is 6.61 Å². The van der Waals surface area contributed by atoms with E-state index in [2.05, 4.69) is 0 Å². The first-order valence-electron chi connectivity index (χ1n) is 11.4. The fraction of sp³-hybridized carbons (Fsp3) is 0.480. The van der Waals surface area contributed by atoms with Gasteiger partial charge in [-0.25, -0.2) is 0 Å². The predicted molar refractivity (Wildman–Crippen MR) is 128 cm³/mol. The summed E-state index contributed by atoms with van der Waals surface area (Å²) in [5, 5.41) is 0. The van der Waals surface area contributed by atoms with Gasteiger partial charge in [0, 0.05) is 51.2 Å². The van der Waals surface area contributed by atoms with E-state index in [0.717, 1.165) is 6.42 Å². The molecule has 0 unspecified atom stereocenters. The summed E-state index contributed by atoms with van der Waals surface area (Å²) in [6.07, 6.45) is 0.734. The molecule has 0 aromatic heterocycles. The lowest BCUT2D eigenvalue weighted by Crippen LogP contribution is -2.46. The van der Waals surface area contributed by atoms with E-state index >= 15 is 0 Å². The smallest absolute Gasteiger partial charge is 0.494 e. The fourth-order valence-corrected chi connectivity index (χ4v) is 6.25. The maximum absolute atomic E-state index is 13.3. The van der Waals surface area contributed by atoms with Crippen molar-refractivity contribution in [2.24, 2.45) is 0 Å². The zero-order valence-electron chi connectivity index (χ0n) is 20.3. The molecule has 2 aromatic rings. The van der Waals surface area contributed by atoms with Gasteiger partial charge in [0.1, 0.15) is 5.75 Å². The summed E-state index contributed by atoms with van der Waals surface area (Å²) in [5.74, 6) is -1.12. The maximum atomic E-state index is 13.3. The molecule has 0 heterocycles. The summed E-state index contributed by atoms with van der Waals surface area (Å²) >= 11 is 0. The summed E-state index contributed by atoms with van der Waals surface area (Å²) < 4.78 is 34.6. The van der Waals surface area contributed by atoms with Gasteiger partial charge in [0.2, 0.25) is 5.78 Å². The Morgan fingerprint density at radius 3 is 1.85 bits per heavy atom. The van der Waals surface area contributed by atoms with Gasteiger partial charge in [-0.3, -0.25) is 4.79 Å². The highest BCUT2D eigenvalue weighted by molar-refractivity contribution is 6.60. The summed E-state index contributed by atoms with van der Waals surface area (Å²) in [4.78, 5) is 13.3. The lowest BCUT2D eigenvalue weighted by Gasteiger charge is -2.29. The van der Waals surface area contributed by atoms with Crippen molar-refractivity contribution in [2.75, 3.05) is 40.6 Å². The van der Waals surface area contributed by atoms with E-state index in [0.29, 0.717) is 49.3 Å². The van der Waals surface area contributed by atoms with Gasteiger partial charge < -0.3 is 27.5 Å². The van der Waals surface area contributed by atoms with E-state index in [1.807, 2.05) is 39.0 Å². The largest absolute Gasteiger partial charge is 0.501 e. The average Bonchev–Trinajstić information content (AvgIpc) is 2.84. The van der Waals surface area contributed by atoms with Crippen LogP contribution in [0.3, 0.4) is 0 Å². The van der Waals surface area contributed by atoms with Crippen LogP contribution >= 0.6 is 0 Å². The first-order valence-corrected chi connectivity index (χ1v) is 13.3. The molecule has 0 saturated heterocycles. The number of methoxy groups -OCH3 is 2. The molecule has 0 spiro atoms. The van der Waals surface area contributed by atoms with Crippen LogP contribution in [0.25, 0.3) is 0 Å². The number of benzene rings is 2. The quantitative estimate of drug-likeness (QED) is 0.149. The minimum atomic E-state index is -2.67. The molecule has 7 nitrogen and oxygen atoms in total. The molecule has 0 amide bonds. The van der Waals surface area contributed by atoms with Crippen molar-refractivity contribution < 1.29 is 32.3 Å². The normalized spacial score (nSPS) is 12.0. The highest BCUT2D eigenvalue weighted by Crippen LogP contribution is 2.31. The second kappa shape index (κ2) is 13.6. The van der Waals surface area contributed by atoms with Crippen LogP contribution in [0.2, 0.25) is 6.04 Å². The van der Waals surface area contributed by atoms with Gasteiger partial charge in [-0.15, -0.1) is 0 Å². The third kappa shape index (κ3) is 6.96. The molecule has 0 aliphatic rings. The van der Waals surface area contributed by atoms with Crippen LogP contribution in [-0.2, 0) is 28.5 Å². The highest BCUT2D eigenvalue weighted by Gasteiger charge is 2.41. The van der Waals surface area contributed by atoms with Crippen LogP contribution in [0.5, 0.6) is 5.75 Å². The third-order valence-electron chi connectivity index (χ3n) is 5.13. The Morgan fingerprint density at radius 1 is 0.818 bits per heavy atom. The summed E-state index contributed by atoms with van der Waals surface area (Å²) in [6.45, 7) is 7.97. The molecular weight excluding hydrogens is 440 g/mol. The van der Waals surface area contributed by atoms with E-state index in [1.165, 1.54) is 14.2 Å². The average molecular weight is 477 g/mol. The van der Waals surface area contributed by atoms with Gasteiger partial charge >= 0.3 is 8.80 Å². The highest BCUT2D eigenvalue weighted by atomic mass is 28.4. The Hall–Kier alpha value is -2.07. The Balaban J connectivity index is 2.01. The number of ether oxygens (including phenoxy) is 3. The monoisotopic (exact) mass is 476 g/mol. The zero-order chi connectivity index (χ0) is 24.2. The Kier molecular flexibility index (Phi) is 11.2. The first kappa shape index (κ1) is 27.2. The standard InChI is InChI=1S/C25H36O7Si/c1-6-30-33(31-7-2,32-8-3)20-12-19-29-23-17-15-21(16-18-23)24(26)25(27-4,28-5)22-13-10-9-11-14-22/h9-11,13-18H,6-8,12,19-20H2,1-5H3. The van der Waals surface area contributed by atoms with Crippen LogP contribution in [0, 0.1) is 0 Å². The summed E-state index contributed by atoms with van der Waals surface area (Å²) in [5.41, 5.74) is 1.09. The predicted octanol–water partition coefficient (Wildman–Crippen LogP) is 4.83. The number of ketones is 1. The minimum absolute atomic E-state index is 0.286. The van der Waals surface area contributed by atoms with E-state index < -0.39 is 14.6 Å². The summed E-state index contributed by atoms with van der Waals surface area (Å²) in [7, 11) is 0.249. The number of carbonyl (C=O) groups excluding carboxylic acids is 1. The van der Waals surface area contributed by atoms with Crippen LogP contribution in [0.1, 0.15) is 43.1 Å².